The Kier molecular flexibility index (Phi) is 8.64. The molecule has 0 aromatic rings. The highest BCUT2D eigenvalue weighted by molar-refractivity contribution is 6.00. The van der Waals surface area contributed by atoms with Crippen LogP contribution in [0.5, 0.6) is 0 Å². The van der Waals surface area contributed by atoms with E-state index in [1.54, 1.807) is 13.0 Å². The van der Waals surface area contributed by atoms with Crippen LogP contribution in [0.25, 0.3) is 0 Å². The Morgan fingerprint density at radius 1 is 1.35 bits per heavy atom. The molecule has 0 saturated heterocycles. The quantitative estimate of drug-likeness (QED) is 0.381. The predicted molar refractivity (Wildman–Crippen MR) is 68.6 cm³/mol. The van der Waals surface area contributed by atoms with Crippen LogP contribution >= 0.6 is 0 Å². The molecule has 0 atom stereocenters. The van der Waals surface area contributed by atoms with Crippen molar-refractivity contribution < 1.29 is 9.59 Å². The fourth-order valence-electron chi connectivity index (χ4n) is 1.07. The van der Waals surface area contributed by atoms with Crippen molar-refractivity contribution in [3.63, 3.8) is 0 Å². The molecule has 0 aliphatic heterocycles. The third-order valence-corrected chi connectivity index (χ3v) is 1.99. The zero-order chi connectivity index (χ0) is 13.1. The van der Waals surface area contributed by atoms with Crippen molar-refractivity contribution in [2.45, 2.75) is 39.5 Å². The number of hydrogen-bond donors (Lipinski definition) is 2. The minimum atomic E-state index is -0.131. The van der Waals surface area contributed by atoms with Gasteiger partial charge in [0.25, 0.3) is 0 Å². The number of nitrogens with one attached hydrogen (secondary N) is 2. The Labute approximate surface area is 102 Å². The van der Waals surface area contributed by atoms with Crippen molar-refractivity contribution in [2.24, 2.45) is 5.10 Å². The van der Waals surface area contributed by atoms with E-state index in [0.29, 0.717) is 18.7 Å². The van der Waals surface area contributed by atoms with E-state index in [1.807, 2.05) is 6.92 Å². The van der Waals surface area contributed by atoms with E-state index in [-0.39, 0.29) is 18.2 Å². The summed E-state index contributed by atoms with van der Waals surface area (Å²) in [6.45, 7) is 7.66. The molecule has 0 rings (SSSR count). The lowest BCUT2D eigenvalue weighted by molar-refractivity contribution is -0.121. The van der Waals surface area contributed by atoms with E-state index in [1.165, 1.54) is 0 Å². The lowest BCUT2D eigenvalue weighted by atomic mass is 10.2. The number of rotatable bonds is 8. The first-order chi connectivity index (χ1) is 8.10. The summed E-state index contributed by atoms with van der Waals surface area (Å²) < 4.78 is 0. The zero-order valence-corrected chi connectivity index (χ0v) is 10.6. The van der Waals surface area contributed by atoms with Gasteiger partial charge in [0.1, 0.15) is 0 Å². The highest BCUT2D eigenvalue weighted by Gasteiger charge is 2.03. The van der Waals surface area contributed by atoms with Crippen molar-refractivity contribution >= 4 is 17.5 Å². The summed E-state index contributed by atoms with van der Waals surface area (Å²) in [5, 5.41) is 6.49. The average molecular weight is 239 g/mol. The maximum atomic E-state index is 11.3. The second kappa shape index (κ2) is 9.57. The minimum absolute atomic E-state index is 0.113. The van der Waals surface area contributed by atoms with Crippen molar-refractivity contribution in [1.82, 2.24) is 10.7 Å². The molecule has 96 valence electrons. The molecule has 0 aliphatic carbocycles. The Morgan fingerprint density at radius 3 is 2.65 bits per heavy atom. The molecule has 0 bridgehead atoms. The molecule has 0 aromatic carbocycles. The summed E-state index contributed by atoms with van der Waals surface area (Å²) in [4.78, 5) is 22.5. The van der Waals surface area contributed by atoms with Gasteiger partial charge in [-0.15, -0.1) is 6.58 Å². The topological polar surface area (TPSA) is 70.6 Å². The molecule has 17 heavy (non-hydrogen) atoms. The van der Waals surface area contributed by atoms with Gasteiger partial charge >= 0.3 is 0 Å². The van der Waals surface area contributed by atoms with Crippen LogP contribution in [-0.4, -0.2) is 24.1 Å². The van der Waals surface area contributed by atoms with E-state index in [2.05, 4.69) is 22.4 Å². The minimum Gasteiger partial charge on any atom is -0.352 e. The summed E-state index contributed by atoms with van der Waals surface area (Å²) in [7, 11) is 0. The molecule has 0 unspecified atom stereocenters. The largest absolute Gasteiger partial charge is 0.352 e. The normalized spacial score (nSPS) is 10.8. The van der Waals surface area contributed by atoms with Crippen molar-refractivity contribution in [2.75, 3.05) is 6.54 Å². The smallest absolute Gasteiger partial charge is 0.240 e. The molecule has 5 nitrogen and oxygen atoms in total. The number of unbranched alkanes of at least 4 members (excludes halogenated alkanes) is 1. The molecular weight excluding hydrogens is 218 g/mol. The lowest BCUT2D eigenvalue weighted by Crippen LogP contribution is -2.26. The summed E-state index contributed by atoms with van der Waals surface area (Å²) in [5.74, 6) is -0.244. The second-order valence-corrected chi connectivity index (χ2v) is 3.76. The lowest BCUT2D eigenvalue weighted by Gasteiger charge is -2.03. The van der Waals surface area contributed by atoms with Crippen LogP contribution < -0.4 is 10.7 Å². The Bertz CT molecular complexity index is 298. The predicted octanol–water partition coefficient (Wildman–Crippen LogP) is 1.36. The van der Waals surface area contributed by atoms with Gasteiger partial charge in [-0.3, -0.25) is 9.59 Å². The van der Waals surface area contributed by atoms with Gasteiger partial charge in [0.15, 0.2) is 0 Å². The summed E-state index contributed by atoms with van der Waals surface area (Å²) in [6.07, 6.45) is 4.08. The van der Waals surface area contributed by atoms with E-state index in [4.69, 9.17) is 0 Å². The van der Waals surface area contributed by atoms with E-state index >= 15 is 0 Å². The number of nitrogens with zero attached hydrogens (tertiary/aromatic N) is 1. The number of hydrogen-bond acceptors (Lipinski definition) is 3. The van der Waals surface area contributed by atoms with Gasteiger partial charge in [0.05, 0.1) is 6.42 Å². The average Bonchev–Trinajstić information content (AvgIpc) is 2.31. The van der Waals surface area contributed by atoms with Crippen molar-refractivity contribution in [1.29, 1.82) is 0 Å². The number of hydrazone groups is 1. The maximum absolute atomic E-state index is 11.3. The van der Waals surface area contributed by atoms with Crippen molar-refractivity contribution in [3.05, 3.63) is 12.7 Å². The van der Waals surface area contributed by atoms with Crippen LogP contribution in [0.3, 0.4) is 0 Å². The van der Waals surface area contributed by atoms with Crippen LogP contribution in [-0.2, 0) is 9.59 Å². The van der Waals surface area contributed by atoms with Gasteiger partial charge < -0.3 is 5.32 Å². The molecule has 0 radical (unpaired) electrons. The highest BCUT2D eigenvalue weighted by atomic mass is 16.2. The van der Waals surface area contributed by atoms with Gasteiger partial charge in [-0.2, -0.15) is 5.10 Å². The Morgan fingerprint density at radius 2 is 2.06 bits per heavy atom. The molecule has 5 heteroatoms. The van der Waals surface area contributed by atoms with E-state index in [9.17, 15) is 9.59 Å². The molecule has 0 saturated carbocycles. The summed E-state index contributed by atoms with van der Waals surface area (Å²) in [6, 6.07) is 0. The molecule has 0 fully saturated rings. The first-order valence-electron chi connectivity index (χ1n) is 5.79. The molecule has 2 amide bonds. The van der Waals surface area contributed by atoms with Crippen LogP contribution in [0, 0.1) is 0 Å². The fourth-order valence-corrected chi connectivity index (χ4v) is 1.07. The zero-order valence-electron chi connectivity index (χ0n) is 10.6. The van der Waals surface area contributed by atoms with Gasteiger partial charge in [-0.05, 0) is 13.3 Å². The number of carbonyl (C=O) groups is 2. The van der Waals surface area contributed by atoms with Crippen LogP contribution in [0.15, 0.2) is 17.8 Å². The molecule has 2 N–H and O–H groups in total. The molecule has 0 aromatic heterocycles. The maximum Gasteiger partial charge on any atom is 0.240 e. The first-order valence-corrected chi connectivity index (χ1v) is 5.79. The summed E-state index contributed by atoms with van der Waals surface area (Å²) in [5.41, 5.74) is 3.01. The van der Waals surface area contributed by atoms with Crippen LogP contribution in [0.2, 0.25) is 0 Å². The monoisotopic (exact) mass is 239 g/mol. The van der Waals surface area contributed by atoms with Gasteiger partial charge in [0.2, 0.25) is 11.8 Å². The van der Waals surface area contributed by atoms with Gasteiger partial charge in [-0.25, -0.2) is 5.43 Å². The molecule has 0 aliphatic rings. The Hall–Kier alpha value is -1.65. The Balaban J connectivity index is 3.88. The third-order valence-electron chi connectivity index (χ3n) is 1.99. The SMILES string of the molecule is C=CCNC(=O)C/C(C)=N\NC(=O)CCCC. The first kappa shape index (κ1) is 15.3. The van der Waals surface area contributed by atoms with Crippen LogP contribution in [0.4, 0.5) is 0 Å². The highest BCUT2D eigenvalue weighted by Crippen LogP contribution is 1.93. The van der Waals surface area contributed by atoms with Crippen LogP contribution in [0.1, 0.15) is 39.5 Å². The van der Waals surface area contributed by atoms with E-state index < -0.39 is 0 Å². The third kappa shape index (κ3) is 9.29. The van der Waals surface area contributed by atoms with Gasteiger partial charge in [-0.1, -0.05) is 19.4 Å². The fraction of sp³-hybridized carbons (Fsp3) is 0.583. The summed E-state index contributed by atoms with van der Waals surface area (Å²) >= 11 is 0. The number of carbonyl (C=O) groups excluding carboxylic acids is 2. The van der Waals surface area contributed by atoms with Crippen molar-refractivity contribution in [3.8, 4) is 0 Å². The molecule has 0 heterocycles. The van der Waals surface area contributed by atoms with E-state index in [0.717, 1.165) is 12.8 Å². The standard InChI is InChI=1S/C12H21N3O2/c1-4-6-7-11(16)15-14-10(3)9-12(17)13-8-5-2/h5H,2,4,6-9H2,1,3H3,(H,13,17)(H,15,16)/b14-10-. The number of amides is 2. The molecule has 0 spiro atoms. The second-order valence-electron chi connectivity index (χ2n) is 3.76. The molecular formula is C12H21N3O2. The van der Waals surface area contributed by atoms with Gasteiger partial charge in [0, 0.05) is 18.7 Å².